The number of nitriles is 1. The summed E-state index contributed by atoms with van der Waals surface area (Å²) in [6.07, 6.45) is 3.54. The summed E-state index contributed by atoms with van der Waals surface area (Å²) in [6, 6.07) is 10.9. The number of benzene rings is 1. The van der Waals surface area contributed by atoms with Crippen molar-refractivity contribution in [3.05, 3.63) is 42.0 Å². The Kier molecular flexibility index (Phi) is 3.62. The normalized spacial score (nSPS) is 21.3. The van der Waals surface area contributed by atoms with Gasteiger partial charge in [-0.15, -0.1) is 0 Å². The third-order valence-corrected chi connectivity index (χ3v) is 5.70. The number of imidazole rings is 1. The van der Waals surface area contributed by atoms with Gasteiger partial charge in [0.15, 0.2) is 5.82 Å². The highest BCUT2D eigenvalue weighted by atomic mass is 15.3. The minimum absolute atomic E-state index is 0.296. The molecule has 5 rings (SSSR count). The highest BCUT2D eigenvalue weighted by molar-refractivity contribution is 5.79. The zero-order valence-corrected chi connectivity index (χ0v) is 15.5. The summed E-state index contributed by atoms with van der Waals surface area (Å²) < 4.78 is 2.03. The molecule has 0 N–H and O–H groups in total. The van der Waals surface area contributed by atoms with Gasteiger partial charge in [-0.3, -0.25) is 9.55 Å². The summed E-state index contributed by atoms with van der Waals surface area (Å²) >= 11 is 0. The van der Waals surface area contributed by atoms with Crippen molar-refractivity contribution in [1.82, 2.24) is 24.4 Å². The fourth-order valence-corrected chi connectivity index (χ4v) is 4.13. The Balaban J connectivity index is 1.63. The summed E-state index contributed by atoms with van der Waals surface area (Å²) in [6.45, 7) is 1.94. The van der Waals surface area contributed by atoms with Crippen LogP contribution in [0.15, 0.2) is 30.5 Å². The van der Waals surface area contributed by atoms with Gasteiger partial charge in [0, 0.05) is 25.6 Å². The van der Waals surface area contributed by atoms with Crippen LogP contribution in [0.2, 0.25) is 0 Å². The lowest BCUT2D eigenvalue weighted by Crippen LogP contribution is -2.32. The first-order valence-corrected chi connectivity index (χ1v) is 9.30. The fourth-order valence-electron chi connectivity index (χ4n) is 4.13. The third-order valence-electron chi connectivity index (χ3n) is 5.70. The smallest absolute Gasteiger partial charge is 0.162 e. The summed E-state index contributed by atoms with van der Waals surface area (Å²) in [5, 5.41) is 9.63. The minimum atomic E-state index is -0.296. The molecule has 0 bridgehead atoms. The molecule has 27 heavy (non-hydrogen) atoms. The minimum Gasteiger partial charge on any atom is -0.354 e. The van der Waals surface area contributed by atoms with Crippen molar-refractivity contribution in [2.75, 3.05) is 32.1 Å². The topological polar surface area (TPSA) is 73.9 Å². The SMILES string of the molecule is CN(C)C1CCN(c2cnc3c(n2)-n2c(nc4ccccc42)[C@H](C#N)C3)C1. The van der Waals surface area contributed by atoms with Crippen LogP contribution in [0.1, 0.15) is 23.9 Å². The van der Waals surface area contributed by atoms with Crippen molar-refractivity contribution >= 4 is 16.9 Å². The maximum atomic E-state index is 9.63. The molecule has 7 heteroatoms. The largest absolute Gasteiger partial charge is 0.354 e. The molecule has 0 aliphatic carbocycles. The van der Waals surface area contributed by atoms with Crippen molar-refractivity contribution in [3.8, 4) is 11.9 Å². The second-order valence-electron chi connectivity index (χ2n) is 7.53. The van der Waals surface area contributed by atoms with Gasteiger partial charge in [-0.1, -0.05) is 12.1 Å². The highest BCUT2D eigenvalue weighted by Gasteiger charge is 2.32. The molecule has 1 unspecified atom stereocenters. The standard InChI is InChI=1S/C20H21N7/c1-25(2)14-7-8-26(12-14)18-11-22-16-9-13(10-21)19-23-15-5-3-4-6-17(15)27(19)20(16)24-18/h3-6,11,13-14H,7-9,12H2,1-2H3/t13-,14?/m0/s1. The summed E-state index contributed by atoms with van der Waals surface area (Å²) in [5.74, 6) is 2.19. The van der Waals surface area contributed by atoms with E-state index < -0.39 is 0 Å². The third kappa shape index (κ3) is 2.48. The predicted molar refractivity (Wildman–Crippen MR) is 103 cm³/mol. The molecule has 1 saturated heterocycles. The van der Waals surface area contributed by atoms with Crippen molar-refractivity contribution < 1.29 is 0 Å². The molecule has 3 aromatic rings. The van der Waals surface area contributed by atoms with E-state index in [1.807, 2.05) is 35.0 Å². The molecule has 2 aromatic heterocycles. The molecule has 0 spiro atoms. The molecule has 4 heterocycles. The molecule has 0 amide bonds. The van der Waals surface area contributed by atoms with Crippen LogP contribution in [-0.4, -0.2) is 57.6 Å². The summed E-state index contributed by atoms with van der Waals surface area (Å²) in [4.78, 5) is 19.0. The molecule has 1 fully saturated rings. The molecule has 7 nitrogen and oxygen atoms in total. The average Bonchev–Trinajstić information content (AvgIpc) is 3.32. The van der Waals surface area contributed by atoms with E-state index in [4.69, 9.17) is 15.0 Å². The predicted octanol–water partition coefficient (Wildman–Crippen LogP) is 2.12. The lowest BCUT2D eigenvalue weighted by Gasteiger charge is -2.24. The number of nitrogens with zero attached hydrogens (tertiary/aromatic N) is 7. The first-order valence-electron chi connectivity index (χ1n) is 9.30. The van der Waals surface area contributed by atoms with E-state index in [-0.39, 0.29) is 5.92 Å². The van der Waals surface area contributed by atoms with Crippen LogP contribution in [0.5, 0.6) is 0 Å². The monoisotopic (exact) mass is 359 g/mol. The Hall–Kier alpha value is -2.98. The number of hydrogen-bond acceptors (Lipinski definition) is 6. The van der Waals surface area contributed by atoms with E-state index in [0.29, 0.717) is 12.5 Å². The molecule has 2 atom stereocenters. The van der Waals surface area contributed by atoms with Gasteiger partial charge in [0.05, 0.1) is 29.0 Å². The van der Waals surface area contributed by atoms with Gasteiger partial charge < -0.3 is 9.80 Å². The van der Waals surface area contributed by atoms with Gasteiger partial charge in [0.1, 0.15) is 17.6 Å². The van der Waals surface area contributed by atoms with E-state index in [1.54, 1.807) is 0 Å². The Morgan fingerprint density at radius 3 is 2.85 bits per heavy atom. The maximum absolute atomic E-state index is 9.63. The van der Waals surface area contributed by atoms with Crippen LogP contribution in [0.25, 0.3) is 16.9 Å². The summed E-state index contributed by atoms with van der Waals surface area (Å²) in [7, 11) is 4.25. The van der Waals surface area contributed by atoms with Crippen LogP contribution in [0.4, 0.5) is 5.82 Å². The van der Waals surface area contributed by atoms with Crippen LogP contribution >= 0.6 is 0 Å². The second-order valence-corrected chi connectivity index (χ2v) is 7.53. The number of anilines is 1. The van der Waals surface area contributed by atoms with Crippen molar-refractivity contribution in [1.29, 1.82) is 5.26 Å². The molecule has 0 saturated carbocycles. The highest BCUT2D eigenvalue weighted by Crippen LogP contribution is 2.34. The molecule has 136 valence electrons. The molecular formula is C20H21N7. The Morgan fingerprint density at radius 1 is 1.22 bits per heavy atom. The number of aromatic nitrogens is 4. The van der Waals surface area contributed by atoms with E-state index in [9.17, 15) is 5.26 Å². The molecule has 2 aliphatic rings. The Bertz CT molecular complexity index is 1060. The van der Waals surface area contributed by atoms with Crippen LogP contribution < -0.4 is 4.90 Å². The van der Waals surface area contributed by atoms with Gasteiger partial charge in [0.2, 0.25) is 0 Å². The fraction of sp³-hybridized carbons (Fsp3) is 0.400. The zero-order chi connectivity index (χ0) is 18.5. The molecule has 1 aromatic carbocycles. The van der Waals surface area contributed by atoms with Crippen molar-refractivity contribution in [2.24, 2.45) is 0 Å². The first kappa shape index (κ1) is 16.2. The lowest BCUT2D eigenvalue weighted by atomic mass is 10.0. The van der Waals surface area contributed by atoms with Gasteiger partial charge in [0.25, 0.3) is 0 Å². The van der Waals surface area contributed by atoms with Crippen molar-refractivity contribution in [3.63, 3.8) is 0 Å². The number of para-hydroxylation sites is 2. The van der Waals surface area contributed by atoms with Gasteiger partial charge in [-0.25, -0.2) is 9.97 Å². The van der Waals surface area contributed by atoms with E-state index in [2.05, 4.69) is 30.0 Å². The second kappa shape index (κ2) is 6.03. The Labute approximate surface area is 157 Å². The number of likely N-dealkylation sites (N-methyl/N-ethyl adjacent to an activating group) is 1. The summed E-state index contributed by atoms with van der Waals surface area (Å²) in [5.41, 5.74) is 2.73. The Morgan fingerprint density at radius 2 is 2.07 bits per heavy atom. The molecule has 2 aliphatic heterocycles. The van der Waals surface area contributed by atoms with Crippen LogP contribution in [-0.2, 0) is 6.42 Å². The van der Waals surface area contributed by atoms with Gasteiger partial charge in [-0.05, 0) is 32.6 Å². The zero-order valence-electron chi connectivity index (χ0n) is 15.5. The molecule has 0 radical (unpaired) electrons. The van der Waals surface area contributed by atoms with E-state index in [1.165, 1.54) is 0 Å². The van der Waals surface area contributed by atoms with E-state index >= 15 is 0 Å². The average molecular weight is 359 g/mol. The van der Waals surface area contributed by atoms with E-state index in [0.717, 1.165) is 53.7 Å². The van der Waals surface area contributed by atoms with Gasteiger partial charge >= 0.3 is 0 Å². The number of fused-ring (bicyclic) bond motifs is 5. The number of hydrogen-bond donors (Lipinski definition) is 0. The van der Waals surface area contributed by atoms with Crippen LogP contribution in [0.3, 0.4) is 0 Å². The van der Waals surface area contributed by atoms with Crippen LogP contribution in [0, 0.1) is 11.3 Å². The lowest BCUT2D eigenvalue weighted by molar-refractivity contribution is 0.315. The maximum Gasteiger partial charge on any atom is 0.162 e. The van der Waals surface area contributed by atoms with Gasteiger partial charge in [-0.2, -0.15) is 5.26 Å². The van der Waals surface area contributed by atoms with Crippen molar-refractivity contribution in [2.45, 2.75) is 24.8 Å². The first-order chi connectivity index (χ1) is 13.2. The molecular weight excluding hydrogens is 338 g/mol. The quantitative estimate of drug-likeness (QED) is 0.698. The number of rotatable bonds is 2.